The Labute approximate surface area is 126 Å². The SMILES string of the molecule is CCOC(=O)C(C)(C)c1nc(-c2ccc(F)c(Cl)c2)no1. The van der Waals surface area contributed by atoms with Gasteiger partial charge in [0.15, 0.2) is 0 Å². The number of rotatable bonds is 4. The van der Waals surface area contributed by atoms with Crippen LogP contribution in [0.3, 0.4) is 0 Å². The summed E-state index contributed by atoms with van der Waals surface area (Å²) in [7, 11) is 0. The largest absolute Gasteiger partial charge is 0.465 e. The molecule has 1 aromatic heterocycles. The quantitative estimate of drug-likeness (QED) is 0.810. The normalized spacial score (nSPS) is 11.5. The van der Waals surface area contributed by atoms with E-state index in [1.54, 1.807) is 20.8 Å². The van der Waals surface area contributed by atoms with E-state index in [4.69, 9.17) is 20.9 Å². The summed E-state index contributed by atoms with van der Waals surface area (Å²) in [5.74, 6) is -0.644. The summed E-state index contributed by atoms with van der Waals surface area (Å²) >= 11 is 5.72. The number of carbonyl (C=O) groups excluding carboxylic acids is 1. The van der Waals surface area contributed by atoms with E-state index < -0.39 is 17.2 Å². The summed E-state index contributed by atoms with van der Waals surface area (Å²) in [5.41, 5.74) is -0.568. The van der Waals surface area contributed by atoms with Gasteiger partial charge in [-0.3, -0.25) is 4.79 Å². The van der Waals surface area contributed by atoms with Crippen LogP contribution in [0.2, 0.25) is 5.02 Å². The van der Waals surface area contributed by atoms with E-state index in [1.165, 1.54) is 18.2 Å². The summed E-state index contributed by atoms with van der Waals surface area (Å²) in [6.07, 6.45) is 0. The summed E-state index contributed by atoms with van der Waals surface area (Å²) in [6, 6.07) is 4.08. The van der Waals surface area contributed by atoms with Gasteiger partial charge in [-0.1, -0.05) is 16.8 Å². The zero-order valence-electron chi connectivity index (χ0n) is 11.8. The lowest BCUT2D eigenvalue weighted by molar-refractivity contribution is -0.149. The van der Waals surface area contributed by atoms with E-state index in [2.05, 4.69) is 10.1 Å². The Balaban J connectivity index is 2.33. The van der Waals surface area contributed by atoms with Gasteiger partial charge in [0, 0.05) is 5.56 Å². The molecule has 0 aliphatic heterocycles. The molecule has 21 heavy (non-hydrogen) atoms. The van der Waals surface area contributed by atoms with Crippen LogP contribution in [0.5, 0.6) is 0 Å². The Kier molecular flexibility index (Phi) is 4.27. The molecule has 0 saturated carbocycles. The first-order chi connectivity index (χ1) is 9.86. The molecule has 0 N–H and O–H groups in total. The van der Waals surface area contributed by atoms with E-state index in [1.807, 2.05) is 0 Å². The van der Waals surface area contributed by atoms with Crippen molar-refractivity contribution in [2.24, 2.45) is 0 Å². The molecule has 0 amide bonds. The van der Waals surface area contributed by atoms with Crippen molar-refractivity contribution in [3.63, 3.8) is 0 Å². The second kappa shape index (κ2) is 5.81. The Hall–Kier alpha value is -1.95. The highest BCUT2D eigenvalue weighted by Crippen LogP contribution is 2.27. The average molecular weight is 313 g/mol. The summed E-state index contributed by atoms with van der Waals surface area (Å²) in [4.78, 5) is 16.1. The van der Waals surface area contributed by atoms with Crippen molar-refractivity contribution in [1.29, 1.82) is 0 Å². The molecule has 0 bridgehead atoms. The van der Waals surface area contributed by atoms with Crippen LogP contribution in [0.15, 0.2) is 22.7 Å². The maximum atomic E-state index is 13.1. The number of nitrogens with zero attached hydrogens (tertiary/aromatic N) is 2. The molecule has 5 nitrogen and oxygen atoms in total. The van der Waals surface area contributed by atoms with Crippen LogP contribution in [0.4, 0.5) is 4.39 Å². The molecule has 0 atom stereocenters. The molecule has 1 heterocycles. The second-order valence-electron chi connectivity index (χ2n) is 4.90. The van der Waals surface area contributed by atoms with Crippen LogP contribution < -0.4 is 0 Å². The van der Waals surface area contributed by atoms with Crippen LogP contribution >= 0.6 is 11.6 Å². The number of ether oxygens (including phenoxy) is 1. The van der Waals surface area contributed by atoms with Gasteiger partial charge in [-0.2, -0.15) is 4.98 Å². The van der Waals surface area contributed by atoms with Crippen LogP contribution in [0, 0.1) is 5.82 Å². The Morgan fingerprint density at radius 1 is 1.48 bits per heavy atom. The topological polar surface area (TPSA) is 65.2 Å². The zero-order chi connectivity index (χ0) is 15.6. The third-order valence-electron chi connectivity index (χ3n) is 2.92. The minimum absolute atomic E-state index is 0.0384. The lowest BCUT2D eigenvalue weighted by Gasteiger charge is -2.16. The molecule has 0 aliphatic rings. The molecule has 0 radical (unpaired) electrons. The molecule has 0 fully saturated rings. The van der Waals surface area contributed by atoms with Crippen LogP contribution in [0.1, 0.15) is 26.7 Å². The standard InChI is InChI=1S/C14H14ClFN2O3/c1-4-20-13(19)14(2,3)12-17-11(18-21-12)8-5-6-10(16)9(15)7-8/h5-7H,4H2,1-3H3. The first kappa shape index (κ1) is 15.4. The fourth-order valence-electron chi connectivity index (χ4n) is 1.63. The molecular formula is C14H14ClFN2O3. The molecule has 2 aromatic rings. The van der Waals surface area contributed by atoms with Crippen molar-refractivity contribution in [2.45, 2.75) is 26.2 Å². The highest BCUT2D eigenvalue weighted by Gasteiger charge is 2.37. The molecule has 0 saturated heterocycles. The van der Waals surface area contributed by atoms with Crippen LogP contribution in [-0.4, -0.2) is 22.7 Å². The third kappa shape index (κ3) is 3.05. The highest BCUT2D eigenvalue weighted by atomic mass is 35.5. The number of hydrogen-bond donors (Lipinski definition) is 0. The number of aromatic nitrogens is 2. The fraction of sp³-hybridized carbons (Fsp3) is 0.357. The molecular weight excluding hydrogens is 299 g/mol. The number of esters is 1. The minimum Gasteiger partial charge on any atom is -0.465 e. The van der Waals surface area contributed by atoms with Crippen molar-refractivity contribution < 1.29 is 18.4 Å². The molecule has 0 aliphatic carbocycles. The van der Waals surface area contributed by atoms with Gasteiger partial charge in [-0.25, -0.2) is 4.39 Å². The third-order valence-corrected chi connectivity index (χ3v) is 3.21. The van der Waals surface area contributed by atoms with Crippen molar-refractivity contribution in [1.82, 2.24) is 10.1 Å². The summed E-state index contributed by atoms with van der Waals surface area (Å²) in [6.45, 7) is 5.23. The van der Waals surface area contributed by atoms with Crippen molar-refractivity contribution >= 4 is 17.6 Å². The van der Waals surface area contributed by atoms with Gasteiger partial charge in [-0.05, 0) is 39.0 Å². The van der Waals surface area contributed by atoms with Crippen molar-refractivity contribution in [3.8, 4) is 11.4 Å². The minimum atomic E-state index is -1.06. The van der Waals surface area contributed by atoms with Gasteiger partial charge in [0.1, 0.15) is 11.2 Å². The number of benzene rings is 1. The van der Waals surface area contributed by atoms with Gasteiger partial charge in [-0.15, -0.1) is 0 Å². The van der Waals surface area contributed by atoms with Gasteiger partial charge in [0.05, 0.1) is 11.6 Å². The van der Waals surface area contributed by atoms with Gasteiger partial charge in [0.25, 0.3) is 0 Å². The fourth-order valence-corrected chi connectivity index (χ4v) is 1.81. The highest BCUT2D eigenvalue weighted by molar-refractivity contribution is 6.31. The molecule has 112 valence electrons. The van der Waals surface area contributed by atoms with Gasteiger partial charge in [0.2, 0.25) is 11.7 Å². The van der Waals surface area contributed by atoms with Gasteiger partial charge >= 0.3 is 5.97 Å². The summed E-state index contributed by atoms with van der Waals surface area (Å²) in [5, 5.41) is 3.75. The smallest absolute Gasteiger partial charge is 0.321 e. The predicted molar refractivity (Wildman–Crippen MR) is 74.4 cm³/mol. The van der Waals surface area contributed by atoms with Crippen LogP contribution in [0.25, 0.3) is 11.4 Å². The molecule has 0 unspecified atom stereocenters. The first-order valence-electron chi connectivity index (χ1n) is 6.33. The Bertz CT molecular complexity index is 670. The monoisotopic (exact) mass is 312 g/mol. The molecule has 1 aromatic carbocycles. The number of carbonyl (C=O) groups is 1. The predicted octanol–water partition coefficient (Wildman–Crippen LogP) is 3.37. The Morgan fingerprint density at radius 2 is 2.19 bits per heavy atom. The number of hydrogen-bond acceptors (Lipinski definition) is 5. The lowest BCUT2D eigenvalue weighted by atomic mass is 9.94. The van der Waals surface area contributed by atoms with Gasteiger partial charge < -0.3 is 9.26 Å². The van der Waals surface area contributed by atoms with E-state index in [-0.39, 0.29) is 23.3 Å². The maximum absolute atomic E-state index is 13.1. The first-order valence-corrected chi connectivity index (χ1v) is 6.71. The van der Waals surface area contributed by atoms with E-state index in [0.29, 0.717) is 5.56 Å². The van der Waals surface area contributed by atoms with Crippen LogP contribution in [-0.2, 0) is 14.9 Å². The van der Waals surface area contributed by atoms with E-state index >= 15 is 0 Å². The Morgan fingerprint density at radius 3 is 2.81 bits per heavy atom. The number of halogens is 2. The van der Waals surface area contributed by atoms with E-state index in [9.17, 15) is 9.18 Å². The maximum Gasteiger partial charge on any atom is 0.321 e. The molecule has 2 rings (SSSR count). The van der Waals surface area contributed by atoms with E-state index in [0.717, 1.165) is 0 Å². The second-order valence-corrected chi connectivity index (χ2v) is 5.30. The summed E-state index contributed by atoms with van der Waals surface area (Å²) < 4.78 is 23.2. The average Bonchev–Trinajstić information content (AvgIpc) is 2.92. The molecule has 0 spiro atoms. The molecule has 7 heteroatoms. The van der Waals surface area contributed by atoms with Crippen molar-refractivity contribution in [3.05, 3.63) is 34.9 Å². The zero-order valence-corrected chi connectivity index (χ0v) is 12.6. The van der Waals surface area contributed by atoms with Crippen molar-refractivity contribution in [2.75, 3.05) is 6.61 Å². The lowest BCUT2D eigenvalue weighted by Crippen LogP contribution is -2.31.